The van der Waals surface area contributed by atoms with Gasteiger partial charge in [-0.15, -0.1) is 10.2 Å². The van der Waals surface area contributed by atoms with Crippen molar-refractivity contribution >= 4 is 21.2 Å². The Hall–Kier alpha value is -0.530. The lowest BCUT2D eigenvalue weighted by molar-refractivity contribution is 0.600. The Labute approximate surface area is 87.3 Å². The zero-order valence-corrected chi connectivity index (χ0v) is 9.73. The first-order valence-corrected chi connectivity index (χ1v) is 7.05. The Morgan fingerprint density at radius 1 is 1.50 bits per heavy atom. The van der Waals surface area contributed by atoms with Crippen LogP contribution >= 0.6 is 11.3 Å². The predicted molar refractivity (Wildman–Crippen MR) is 55.7 cm³/mol. The average molecular weight is 235 g/mol. The van der Waals surface area contributed by atoms with Crippen molar-refractivity contribution in [2.45, 2.75) is 25.1 Å². The minimum Gasteiger partial charge on any atom is -0.322 e. The highest BCUT2D eigenvalue weighted by Crippen LogP contribution is 2.19. The Morgan fingerprint density at radius 3 is 2.64 bits per heavy atom. The number of rotatable bonds is 4. The molecular weight excluding hydrogens is 222 g/mol. The molecule has 0 amide bonds. The summed E-state index contributed by atoms with van der Waals surface area (Å²) >= 11 is 1.27. The predicted octanol–water partition coefficient (Wildman–Crippen LogP) is 0.493. The Morgan fingerprint density at radius 2 is 2.14 bits per heavy atom. The maximum atomic E-state index is 11.0. The van der Waals surface area contributed by atoms with Crippen LogP contribution in [0.15, 0.2) is 0 Å². The van der Waals surface area contributed by atoms with E-state index in [0.717, 1.165) is 6.42 Å². The molecule has 1 aromatic rings. The van der Waals surface area contributed by atoms with E-state index in [-0.39, 0.29) is 11.8 Å². The molecular formula is C7H13N3O2S2. The van der Waals surface area contributed by atoms with Gasteiger partial charge in [-0.25, -0.2) is 8.42 Å². The van der Waals surface area contributed by atoms with Crippen LogP contribution in [0.3, 0.4) is 0 Å². The summed E-state index contributed by atoms with van der Waals surface area (Å²) in [5, 5.41) is 8.84. The highest BCUT2D eigenvalue weighted by Gasteiger charge is 2.13. The van der Waals surface area contributed by atoms with Crippen molar-refractivity contribution < 1.29 is 8.42 Å². The van der Waals surface area contributed by atoms with E-state index in [0.29, 0.717) is 10.0 Å². The molecule has 0 spiro atoms. The molecule has 80 valence electrons. The average Bonchev–Trinajstić information content (AvgIpc) is 2.48. The number of nitrogens with two attached hydrogens (primary N) is 1. The molecule has 1 rings (SSSR count). The highest BCUT2D eigenvalue weighted by molar-refractivity contribution is 7.90. The number of sulfone groups is 1. The van der Waals surface area contributed by atoms with Gasteiger partial charge in [0.1, 0.15) is 15.8 Å². The van der Waals surface area contributed by atoms with Crippen LogP contribution in [-0.2, 0) is 15.6 Å². The van der Waals surface area contributed by atoms with Crippen molar-refractivity contribution in [1.29, 1.82) is 0 Å². The molecule has 0 fully saturated rings. The quantitative estimate of drug-likeness (QED) is 0.821. The van der Waals surface area contributed by atoms with Gasteiger partial charge in [0, 0.05) is 6.26 Å². The van der Waals surface area contributed by atoms with E-state index in [2.05, 4.69) is 10.2 Å². The molecule has 0 saturated heterocycles. The van der Waals surface area contributed by atoms with Crippen molar-refractivity contribution in [3.8, 4) is 0 Å². The van der Waals surface area contributed by atoms with Crippen LogP contribution in [0, 0.1) is 0 Å². The fourth-order valence-electron chi connectivity index (χ4n) is 0.874. The molecule has 0 bridgehead atoms. The van der Waals surface area contributed by atoms with Crippen LogP contribution in [-0.4, -0.2) is 24.9 Å². The van der Waals surface area contributed by atoms with Gasteiger partial charge in [0.2, 0.25) is 0 Å². The van der Waals surface area contributed by atoms with E-state index in [1.165, 1.54) is 17.6 Å². The second-order valence-corrected chi connectivity index (χ2v) is 6.35. The molecule has 14 heavy (non-hydrogen) atoms. The van der Waals surface area contributed by atoms with Crippen LogP contribution in [0.5, 0.6) is 0 Å². The van der Waals surface area contributed by atoms with Gasteiger partial charge in [-0.1, -0.05) is 18.3 Å². The minimum atomic E-state index is -3.03. The Balaban J connectivity index is 2.79. The second kappa shape index (κ2) is 4.33. The van der Waals surface area contributed by atoms with Crippen molar-refractivity contribution in [1.82, 2.24) is 10.2 Å². The largest absolute Gasteiger partial charge is 0.322 e. The first-order valence-electron chi connectivity index (χ1n) is 4.18. The molecule has 1 aromatic heterocycles. The van der Waals surface area contributed by atoms with Gasteiger partial charge in [-0.2, -0.15) is 0 Å². The molecule has 0 aromatic carbocycles. The van der Waals surface area contributed by atoms with E-state index in [1.54, 1.807) is 0 Å². The van der Waals surface area contributed by atoms with E-state index in [4.69, 9.17) is 5.73 Å². The van der Waals surface area contributed by atoms with E-state index in [1.807, 2.05) is 6.92 Å². The maximum absolute atomic E-state index is 11.0. The summed E-state index contributed by atoms with van der Waals surface area (Å²) in [6, 6.07) is -0.138. The summed E-state index contributed by atoms with van der Waals surface area (Å²) in [7, 11) is -3.03. The summed E-state index contributed by atoms with van der Waals surface area (Å²) in [4.78, 5) is 0. The van der Waals surface area contributed by atoms with Crippen LogP contribution in [0.4, 0.5) is 0 Å². The smallest absolute Gasteiger partial charge is 0.154 e. The Kier molecular flexibility index (Phi) is 3.57. The summed E-state index contributed by atoms with van der Waals surface area (Å²) in [5.41, 5.74) is 5.73. The zero-order chi connectivity index (χ0) is 10.8. The molecule has 1 atom stereocenters. The second-order valence-electron chi connectivity index (χ2n) is 3.12. The fraction of sp³-hybridized carbons (Fsp3) is 0.714. The van der Waals surface area contributed by atoms with Gasteiger partial charge >= 0.3 is 0 Å². The van der Waals surface area contributed by atoms with Crippen LogP contribution in [0.2, 0.25) is 0 Å². The standard InChI is InChI=1S/C7H13N3O2S2/c1-3-5(8)7-10-9-6(13-7)4-14(2,11)12/h5H,3-4,8H2,1-2H3. The molecule has 0 saturated carbocycles. The lowest BCUT2D eigenvalue weighted by atomic mass is 10.3. The maximum Gasteiger partial charge on any atom is 0.154 e. The molecule has 1 heterocycles. The van der Waals surface area contributed by atoms with Gasteiger partial charge in [-0.05, 0) is 6.42 Å². The topological polar surface area (TPSA) is 85.9 Å². The van der Waals surface area contributed by atoms with Gasteiger partial charge in [0.05, 0.1) is 6.04 Å². The van der Waals surface area contributed by atoms with Crippen molar-refractivity contribution in [3.63, 3.8) is 0 Å². The lowest BCUT2D eigenvalue weighted by Gasteiger charge is -2.00. The highest BCUT2D eigenvalue weighted by atomic mass is 32.2. The molecule has 0 aliphatic carbocycles. The molecule has 7 heteroatoms. The van der Waals surface area contributed by atoms with Crippen molar-refractivity contribution in [2.75, 3.05) is 6.26 Å². The van der Waals surface area contributed by atoms with E-state index >= 15 is 0 Å². The summed E-state index contributed by atoms with van der Waals surface area (Å²) in [5.74, 6) is -0.0545. The number of nitrogens with zero attached hydrogens (tertiary/aromatic N) is 2. The molecule has 2 N–H and O–H groups in total. The lowest BCUT2D eigenvalue weighted by Crippen LogP contribution is -2.07. The van der Waals surface area contributed by atoms with Crippen molar-refractivity contribution in [2.24, 2.45) is 5.73 Å². The minimum absolute atomic E-state index is 0.0545. The number of aromatic nitrogens is 2. The third-order valence-corrected chi connectivity index (χ3v) is 3.66. The Bertz CT molecular complexity index is 399. The van der Waals surface area contributed by atoms with Gasteiger partial charge in [0.25, 0.3) is 0 Å². The number of hydrogen-bond donors (Lipinski definition) is 1. The fourth-order valence-corrected chi connectivity index (χ4v) is 2.98. The molecule has 0 radical (unpaired) electrons. The van der Waals surface area contributed by atoms with Crippen LogP contribution < -0.4 is 5.73 Å². The zero-order valence-electron chi connectivity index (χ0n) is 8.10. The first kappa shape index (κ1) is 11.5. The van der Waals surface area contributed by atoms with E-state index in [9.17, 15) is 8.42 Å². The third kappa shape index (κ3) is 3.32. The summed E-state index contributed by atoms with van der Waals surface area (Å²) in [6.45, 7) is 1.95. The van der Waals surface area contributed by atoms with Gasteiger partial charge < -0.3 is 5.73 Å². The van der Waals surface area contributed by atoms with Gasteiger partial charge in [0.15, 0.2) is 9.84 Å². The van der Waals surface area contributed by atoms with Crippen LogP contribution in [0.25, 0.3) is 0 Å². The molecule has 0 aliphatic heterocycles. The van der Waals surface area contributed by atoms with E-state index < -0.39 is 9.84 Å². The van der Waals surface area contributed by atoms with Crippen LogP contribution in [0.1, 0.15) is 29.4 Å². The number of hydrogen-bond acceptors (Lipinski definition) is 6. The monoisotopic (exact) mass is 235 g/mol. The molecule has 1 unspecified atom stereocenters. The SMILES string of the molecule is CCC(N)c1nnc(CS(C)(=O)=O)s1. The molecule has 5 nitrogen and oxygen atoms in total. The van der Waals surface area contributed by atoms with Crippen molar-refractivity contribution in [3.05, 3.63) is 10.0 Å². The molecule has 0 aliphatic rings. The summed E-state index contributed by atoms with van der Waals surface area (Å²) < 4.78 is 21.9. The third-order valence-electron chi connectivity index (χ3n) is 1.63. The summed E-state index contributed by atoms with van der Waals surface area (Å²) in [6.07, 6.45) is 1.95. The normalized spacial score (nSPS) is 14.2. The first-order chi connectivity index (χ1) is 6.42. The van der Waals surface area contributed by atoms with Gasteiger partial charge in [-0.3, -0.25) is 0 Å².